The molecule has 0 saturated heterocycles. The molecular formula is C6H14NOS. The van der Waals surface area contributed by atoms with E-state index in [2.05, 4.69) is 4.90 Å². The van der Waals surface area contributed by atoms with Gasteiger partial charge in [0, 0.05) is 12.3 Å². The van der Waals surface area contributed by atoms with Crippen LogP contribution in [0.25, 0.3) is 0 Å². The standard InChI is InChI=1S/C6H14NOS/c1-7(2)3-4-8-5-6-9/h3-6H2,1-2H3. The van der Waals surface area contributed by atoms with Gasteiger partial charge in [-0.3, -0.25) is 0 Å². The monoisotopic (exact) mass is 148 g/mol. The van der Waals surface area contributed by atoms with E-state index in [1.54, 1.807) is 0 Å². The Morgan fingerprint density at radius 1 is 1.33 bits per heavy atom. The van der Waals surface area contributed by atoms with Gasteiger partial charge < -0.3 is 9.64 Å². The lowest BCUT2D eigenvalue weighted by Gasteiger charge is -2.08. The molecule has 1 radical (unpaired) electrons. The molecule has 55 valence electrons. The summed E-state index contributed by atoms with van der Waals surface area (Å²) in [6.07, 6.45) is 0. The smallest absolute Gasteiger partial charge is 0.0593 e. The van der Waals surface area contributed by atoms with Gasteiger partial charge in [0.05, 0.1) is 13.2 Å². The van der Waals surface area contributed by atoms with Crippen LogP contribution in [0.2, 0.25) is 0 Å². The molecule has 0 aliphatic heterocycles. The third-order valence-corrected chi connectivity index (χ3v) is 1.08. The lowest BCUT2D eigenvalue weighted by molar-refractivity contribution is 0.131. The van der Waals surface area contributed by atoms with E-state index in [-0.39, 0.29) is 0 Å². The Balaban J connectivity index is 2.75. The number of likely N-dealkylation sites (N-methyl/N-ethyl adjacent to an activating group) is 1. The van der Waals surface area contributed by atoms with Gasteiger partial charge in [-0.2, -0.15) is 0 Å². The van der Waals surface area contributed by atoms with Gasteiger partial charge in [-0.1, -0.05) is 12.6 Å². The number of ether oxygens (including phenoxy) is 1. The van der Waals surface area contributed by atoms with Crippen LogP contribution in [0.15, 0.2) is 0 Å². The Hall–Kier alpha value is 0.270. The molecule has 0 saturated carbocycles. The van der Waals surface area contributed by atoms with E-state index >= 15 is 0 Å². The van der Waals surface area contributed by atoms with Crippen molar-refractivity contribution in [3.63, 3.8) is 0 Å². The maximum Gasteiger partial charge on any atom is 0.0593 e. The van der Waals surface area contributed by atoms with E-state index in [9.17, 15) is 0 Å². The van der Waals surface area contributed by atoms with Crippen LogP contribution in [0.4, 0.5) is 0 Å². The van der Waals surface area contributed by atoms with Crippen molar-refractivity contribution in [3.05, 3.63) is 0 Å². The first-order valence-corrected chi connectivity index (χ1v) is 3.65. The Morgan fingerprint density at radius 3 is 2.44 bits per heavy atom. The van der Waals surface area contributed by atoms with Crippen LogP contribution in [0.3, 0.4) is 0 Å². The molecule has 0 aliphatic carbocycles. The first-order valence-electron chi connectivity index (χ1n) is 3.08. The highest BCUT2D eigenvalue weighted by Crippen LogP contribution is 1.79. The Labute approximate surface area is 62.6 Å². The molecule has 0 aromatic heterocycles. The number of nitrogens with zero attached hydrogens (tertiary/aromatic N) is 1. The summed E-state index contributed by atoms with van der Waals surface area (Å²) < 4.78 is 5.15. The second-order valence-electron chi connectivity index (χ2n) is 2.12. The van der Waals surface area contributed by atoms with Gasteiger partial charge in [0.15, 0.2) is 0 Å². The zero-order valence-electron chi connectivity index (χ0n) is 6.09. The molecule has 0 aromatic rings. The Kier molecular flexibility index (Phi) is 6.58. The molecule has 0 unspecified atom stereocenters. The quantitative estimate of drug-likeness (QED) is 0.534. The van der Waals surface area contributed by atoms with Crippen molar-refractivity contribution in [2.24, 2.45) is 0 Å². The van der Waals surface area contributed by atoms with Gasteiger partial charge in [-0.25, -0.2) is 0 Å². The van der Waals surface area contributed by atoms with E-state index in [4.69, 9.17) is 17.4 Å². The largest absolute Gasteiger partial charge is 0.379 e. The van der Waals surface area contributed by atoms with Gasteiger partial charge in [0.1, 0.15) is 0 Å². The zero-order chi connectivity index (χ0) is 7.11. The van der Waals surface area contributed by atoms with Crippen molar-refractivity contribution in [2.45, 2.75) is 0 Å². The first kappa shape index (κ1) is 9.27. The third-order valence-electron chi connectivity index (χ3n) is 0.911. The van der Waals surface area contributed by atoms with Gasteiger partial charge >= 0.3 is 0 Å². The third kappa shape index (κ3) is 8.27. The van der Waals surface area contributed by atoms with Gasteiger partial charge in [0.2, 0.25) is 0 Å². The van der Waals surface area contributed by atoms with Gasteiger partial charge in [-0.05, 0) is 14.1 Å². The second kappa shape index (κ2) is 6.39. The average molecular weight is 148 g/mol. The fraction of sp³-hybridized carbons (Fsp3) is 1.00. The van der Waals surface area contributed by atoms with Gasteiger partial charge in [-0.15, -0.1) is 0 Å². The SMILES string of the molecule is CN(C)CCOCC[S]. The Morgan fingerprint density at radius 2 is 2.00 bits per heavy atom. The number of rotatable bonds is 5. The van der Waals surface area contributed by atoms with Crippen molar-refractivity contribution in [1.29, 1.82) is 0 Å². The van der Waals surface area contributed by atoms with Crippen LogP contribution in [0, 0.1) is 0 Å². The first-order chi connectivity index (χ1) is 4.27. The van der Waals surface area contributed by atoms with Crippen LogP contribution in [0.1, 0.15) is 0 Å². The maximum atomic E-state index is 5.15. The molecule has 0 spiro atoms. The minimum atomic E-state index is 0.702. The fourth-order valence-electron chi connectivity index (χ4n) is 0.408. The molecule has 0 aromatic carbocycles. The minimum Gasteiger partial charge on any atom is -0.379 e. The van der Waals surface area contributed by atoms with Crippen molar-refractivity contribution in [3.8, 4) is 0 Å². The average Bonchev–Trinajstić information content (AvgIpc) is 1.80. The van der Waals surface area contributed by atoms with Crippen LogP contribution >= 0.6 is 12.6 Å². The van der Waals surface area contributed by atoms with Crippen LogP contribution in [-0.2, 0) is 4.74 Å². The highest BCUT2D eigenvalue weighted by molar-refractivity contribution is 7.80. The van der Waals surface area contributed by atoms with Crippen molar-refractivity contribution in [2.75, 3.05) is 39.6 Å². The molecule has 2 nitrogen and oxygen atoms in total. The predicted molar refractivity (Wildman–Crippen MR) is 41.8 cm³/mol. The van der Waals surface area contributed by atoms with Crippen molar-refractivity contribution in [1.82, 2.24) is 4.90 Å². The summed E-state index contributed by atoms with van der Waals surface area (Å²) in [4.78, 5) is 2.09. The molecule has 0 amide bonds. The normalized spacial score (nSPS) is 10.7. The summed E-state index contributed by atoms with van der Waals surface area (Å²) in [6.45, 7) is 2.49. The van der Waals surface area contributed by atoms with E-state index in [0.29, 0.717) is 12.4 Å². The minimum absolute atomic E-state index is 0.702. The van der Waals surface area contributed by atoms with E-state index in [0.717, 1.165) is 13.2 Å². The van der Waals surface area contributed by atoms with E-state index < -0.39 is 0 Å². The number of hydrogen-bond donors (Lipinski definition) is 0. The maximum absolute atomic E-state index is 5.15. The van der Waals surface area contributed by atoms with Gasteiger partial charge in [0.25, 0.3) is 0 Å². The lowest BCUT2D eigenvalue weighted by atomic mass is 10.6. The Bertz CT molecular complexity index is 59.0. The summed E-state index contributed by atoms with van der Waals surface area (Å²) in [7, 11) is 4.05. The molecule has 3 heteroatoms. The molecule has 0 atom stereocenters. The zero-order valence-corrected chi connectivity index (χ0v) is 6.91. The topological polar surface area (TPSA) is 12.5 Å². The van der Waals surface area contributed by atoms with Crippen molar-refractivity contribution >= 4 is 12.6 Å². The molecule has 0 fully saturated rings. The van der Waals surface area contributed by atoms with Crippen LogP contribution < -0.4 is 0 Å². The highest BCUT2D eigenvalue weighted by atomic mass is 32.1. The van der Waals surface area contributed by atoms with E-state index in [1.165, 1.54) is 0 Å². The molecule has 9 heavy (non-hydrogen) atoms. The fourth-order valence-corrected chi connectivity index (χ4v) is 0.526. The molecule has 0 N–H and O–H groups in total. The predicted octanol–water partition coefficient (Wildman–Crippen LogP) is 0.762. The van der Waals surface area contributed by atoms with Crippen molar-refractivity contribution < 1.29 is 4.74 Å². The molecule has 0 bridgehead atoms. The number of hydrogen-bond acceptors (Lipinski definition) is 2. The molecule has 0 heterocycles. The molecular weight excluding hydrogens is 134 g/mol. The second-order valence-corrected chi connectivity index (χ2v) is 2.53. The van der Waals surface area contributed by atoms with Crippen LogP contribution in [-0.4, -0.2) is 44.5 Å². The lowest BCUT2D eigenvalue weighted by Crippen LogP contribution is -2.18. The molecule has 0 rings (SSSR count). The summed E-state index contributed by atoms with van der Waals surface area (Å²) in [5, 5.41) is 0. The summed E-state index contributed by atoms with van der Waals surface area (Å²) in [5.41, 5.74) is 0. The van der Waals surface area contributed by atoms with Crippen LogP contribution in [0.5, 0.6) is 0 Å². The summed E-state index contributed by atoms with van der Waals surface area (Å²) in [6, 6.07) is 0. The summed E-state index contributed by atoms with van der Waals surface area (Å²) >= 11 is 4.69. The highest BCUT2D eigenvalue weighted by Gasteiger charge is 1.88. The molecule has 0 aliphatic rings. The van der Waals surface area contributed by atoms with E-state index in [1.807, 2.05) is 14.1 Å². The summed E-state index contributed by atoms with van der Waals surface area (Å²) in [5.74, 6) is 0.702.